The third-order valence-electron chi connectivity index (χ3n) is 9.95. The van der Waals surface area contributed by atoms with Crippen molar-refractivity contribution in [1.29, 1.82) is 0 Å². The summed E-state index contributed by atoms with van der Waals surface area (Å²) < 4.78 is 2.41. The van der Waals surface area contributed by atoms with Crippen molar-refractivity contribution in [2.24, 2.45) is 11.8 Å². The molecule has 0 amide bonds. The number of aromatic nitrogens is 1. The van der Waals surface area contributed by atoms with E-state index < -0.39 is 0 Å². The summed E-state index contributed by atoms with van der Waals surface area (Å²) in [5.74, 6) is 0.670. The van der Waals surface area contributed by atoms with Gasteiger partial charge in [0, 0.05) is 55.5 Å². The van der Waals surface area contributed by atoms with E-state index in [-0.39, 0.29) is 0 Å². The van der Waals surface area contributed by atoms with E-state index in [0.717, 1.165) is 34.8 Å². The fraction of sp³-hybridized carbons (Fsp3) is 0.171. The quantitative estimate of drug-likeness (QED) is 0.212. The van der Waals surface area contributed by atoms with Gasteiger partial charge in [-0.1, -0.05) is 114 Å². The molecule has 1 aromatic heterocycles. The molecule has 0 saturated carbocycles. The number of allylic oxidation sites excluding steroid dienone is 16. The Labute approximate surface area is 268 Å². The molecule has 2 unspecified atom stereocenters. The lowest BCUT2D eigenvalue weighted by Crippen LogP contribution is -2.17. The molecular formula is C41H33Cl2N. The monoisotopic (exact) mass is 609 g/mol. The van der Waals surface area contributed by atoms with Crippen LogP contribution in [0, 0.1) is 11.8 Å². The minimum Gasteiger partial charge on any atom is -0.341 e. The molecule has 0 aliphatic heterocycles. The van der Waals surface area contributed by atoms with Crippen molar-refractivity contribution < 1.29 is 0 Å². The minimum absolute atomic E-state index is 0.335. The number of nitrogens with zero attached hydrogens (tertiary/aromatic N) is 1. The van der Waals surface area contributed by atoms with Gasteiger partial charge in [-0.05, 0) is 95.5 Å². The van der Waals surface area contributed by atoms with Crippen LogP contribution in [-0.2, 0) is 6.54 Å². The van der Waals surface area contributed by atoms with Crippen LogP contribution in [0.2, 0.25) is 5.02 Å². The highest BCUT2D eigenvalue weighted by molar-refractivity contribution is 6.37. The van der Waals surface area contributed by atoms with Crippen molar-refractivity contribution in [2.75, 3.05) is 0 Å². The normalized spacial score (nSPS) is 22.7. The second-order valence-corrected chi connectivity index (χ2v) is 12.9. The second-order valence-electron chi connectivity index (χ2n) is 12.1. The minimum atomic E-state index is 0.335. The molecule has 0 radical (unpaired) electrons. The third kappa shape index (κ3) is 4.21. The van der Waals surface area contributed by atoms with Crippen LogP contribution in [0.4, 0.5) is 0 Å². The van der Waals surface area contributed by atoms with E-state index in [9.17, 15) is 0 Å². The fourth-order valence-electron chi connectivity index (χ4n) is 7.92. The maximum Gasteiger partial charge on any atom is 0.0498 e. The number of halogens is 2. The summed E-state index contributed by atoms with van der Waals surface area (Å²) in [6.07, 6.45) is 22.5. The van der Waals surface area contributed by atoms with Gasteiger partial charge in [0.1, 0.15) is 0 Å². The van der Waals surface area contributed by atoms with Crippen LogP contribution < -0.4 is 5.35 Å². The standard InChI is InChI=1S/C41H33Cl2N/c1-3-44-37(34-14-8-13-33-36(43)22-24-38(44)41(33)34)23-18-28-16-15-27(39(28)26-9-5-4-6-10-26)17-19-29-25(2)30-20-21-35(42)32-12-7-11-31(29)40(30)32/h4-14,17-24,31,40H,3,15-16H2,1-2H3/b19-17+,28-18+,37-23+. The predicted molar refractivity (Wildman–Crippen MR) is 189 cm³/mol. The summed E-state index contributed by atoms with van der Waals surface area (Å²) >= 11 is 13.3. The average molecular weight is 611 g/mol. The zero-order valence-corrected chi connectivity index (χ0v) is 26.5. The Balaban J connectivity index is 1.24. The fourth-order valence-corrected chi connectivity index (χ4v) is 8.39. The highest BCUT2D eigenvalue weighted by atomic mass is 35.5. The van der Waals surface area contributed by atoms with Gasteiger partial charge in [0.25, 0.3) is 0 Å². The van der Waals surface area contributed by atoms with Crippen molar-refractivity contribution in [3.05, 3.63) is 164 Å². The van der Waals surface area contributed by atoms with E-state index in [1.54, 1.807) is 0 Å². The molecule has 44 heavy (non-hydrogen) atoms. The second kappa shape index (κ2) is 10.8. The van der Waals surface area contributed by atoms with E-state index in [0.29, 0.717) is 11.8 Å². The molecule has 1 nitrogen and oxygen atoms in total. The first-order valence-corrected chi connectivity index (χ1v) is 16.3. The molecule has 1 heterocycles. The molecule has 0 saturated heterocycles. The molecular weight excluding hydrogens is 577 g/mol. The Morgan fingerprint density at radius 1 is 0.841 bits per heavy atom. The Hall–Kier alpha value is -4.04. The average Bonchev–Trinajstić information content (AvgIpc) is 3.69. The number of hydrogen-bond donors (Lipinski definition) is 0. The van der Waals surface area contributed by atoms with Gasteiger partial charge in [0.2, 0.25) is 0 Å². The summed E-state index contributed by atoms with van der Waals surface area (Å²) in [5.41, 5.74) is 12.1. The Kier molecular flexibility index (Phi) is 6.78. The van der Waals surface area contributed by atoms with Crippen LogP contribution in [0.25, 0.3) is 33.3 Å². The lowest BCUT2D eigenvalue weighted by atomic mass is 9.77. The van der Waals surface area contributed by atoms with Crippen LogP contribution in [0.15, 0.2) is 148 Å². The summed E-state index contributed by atoms with van der Waals surface area (Å²) in [6, 6.07) is 21.6. The van der Waals surface area contributed by atoms with Gasteiger partial charge in [-0.2, -0.15) is 0 Å². The highest BCUT2D eigenvalue weighted by Crippen LogP contribution is 2.52. The van der Waals surface area contributed by atoms with Gasteiger partial charge in [-0.3, -0.25) is 0 Å². The van der Waals surface area contributed by atoms with Gasteiger partial charge in [0.05, 0.1) is 0 Å². The number of rotatable bonds is 5. The molecule has 0 bridgehead atoms. The number of aryl methyl sites for hydroxylation is 1. The smallest absolute Gasteiger partial charge is 0.0498 e. The topological polar surface area (TPSA) is 4.93 Å². The summed E-state index contributed by atoms with van der Waals surface area (Å²) in [7, 11) is 0. The number of benzene rings is 3. The van der Waals surface area contributed by atoms with Crippen molar-refractivity contribution in [3.8, 4) is 0 Å². The molecule has 0 fully saturated rings. The lowest BCUT2D eigenvalue weighted by molar-refractivity contribution is 0.626. The van der Waals surface area contributed by atoms with E-state index in [1.807, 2.05) is 6.07 Å². The summed E-state index contributed by atoms with van der Waals surface area (Å²) in [4.78, 5) is 0. The van der Waals surface area contributed by atoms with Gasteiger partial charge >= 0.3 is 0 Å². The molecule has 4 aromatic rings. The van der Waals surface area contributed by atoms with Gasteiger partial charge < -0.3 is 4.57 Å². The van der Waals surface area contributed by atoms with E-state index in [4.69, 9.17) is 23.2 Å². The van der Waals surface area contributed by atoms with Gasteiger partial charge in [-0.25, -0.2) is 0 Å². The molecule has 0 N–H and O–H groups in total. The first kappa shape index (κ1) is 27.5. The summed E-state index contributed by atoms with van der Waals surface area (Å²) in [6.45, 7) is 5.39. The van der Waals surface area contributed by atoms with Crippen LogP contribution in [0.5, 0.6) is 0 Å². The third-order valence-corrected chi connectivity index (χ3v) is 10.6. The van der Waals surface area contributed by atoms with E-state index in [1.165, 1.54) is 66.2 Å². The van der Waals surface area contributed by atoms with Crippen molar-refractivity contribution >= 4 is 56.5 Å². The molecule has 3 aromatic carbocycles. The zero-order chi connectivity index (χ0) is 29.9. The van der Waals surface area contributed by atoms with Crippen molar-refractivity contribution in [1.82, 2.24) is 4.57 Å². The van der Waals surface area contributed by atoms with E-state index >= 15 is 0 Å². The Bertz CT molecular complexity index is 2170. The predicted octanol–water partition coefficient (Wildman–Crippen LogP) is 10.8. The van der Waals surface area contributed by atoms with Crippen LogP contribution in [0.1, 0.15) is 32.3 Å². The van der Waals surface area contributed by atoms with Crippen LogP contribution in [0.3, 0.4) is 0 Å². The molecule has 216 valence electrons. The molecule has 8 rings (SSSR count). The molecule has 3 heteroatoms. The highest BCUT2D eigenvalue weighted by Gasteiger charge is 2.39. The van der Waals surface area contributed by atoms with Crippen molar-refractivity contribution in [3.63, 3.8) is 0 Å². The first-order chi connectivity index (χ1) is 21.5. The van der Waals surface area contributed by atoms with Crippen LogP contribution >= 0.6 is 23.2 Å². The largest absolute Gasteiger partial charge is 0.341 e. The van der Waals surface area contributed by atoms with E-state index in [2.05, 4.69) is 128 Å². The number of hydrogen-bond acceptors (Lipinski definition) is 0. The van der Waals surface area contributed by atoms with Crippen LogP contribution in [-0.4, -0.2) is 4.57 Å². The Morgan fingerprint density at radius 2 is 1.68 bits per heavy atom. The maximum atomic E-state index is 6.63. The molecule has 2 atom stereocenters. The van der Waals surface area contributed by atoms with Gasteiger partial charge in [0.15, 0.2) is 0 Å². The summed E-state index contributed by atoms with van der Waals surface area (Å²) in [5, 5.41) is 6.54. The van der Waals surface area contributed by atoms with Gasteiger partial charge in [-0.15, -0.1) is 0 Å². The SMILES string of the molecule is CCn1/c(=C/C=C2\CCC(/C=C/C3=C(C)C4=CC=C(Cl)C5=CC=CC3C54)=C2c2ccccc2)c2cccc3c(Cl)ccc1c32. The molecule has 0 spiro atoms. The first-order valence-electron chi connectivity index (χ1n) is 15.6. The maximum absolute atomic E-state index is 6.63. The zero-order valence-electron chi connectivity index (χ0n) is 24.9. The Morgan fingerprint density at radius 3 is 2.52 bits per heavy atom. The van der Waals surface area contributed by atoms with Crippen molar-refractivity contribution in [2.45, 2.75) is 33.2 Å². The lowest BCUT2D eigenvalue weighted by Gasteiger charge is -2.28. The molecule has 4 aliphatic rings. The molecule has 4 aliphatic carbocycles.